The second-order valence-corrected chi connectivity index (χ2v) is 9.12. The maximum absolute atomic E-state index is 13.3. The molecule has 2 amide bonds. The molecule has 1 aliphatic heterocycles. The lowest BCUT2D eigenvalue weighted by molar-refractivity contribution is -0.149. The normalized spacial score (nSPS) is 18.2. The Morgan fingerprint density at radius 3 is 2.79 bits per heavy atom. The van der Waals surface area contributed by atoms with Gasteiger partial charge in [-0.2, -0.15) is 0 Å². The first kappa shape index (κ1) is 24.3. The van der Waals surface area contributed by atoms with Crippen LogP contribution < -0.4 is 0 Å². The molecule has 1 unspecified atom stereocenters. The Hall–Kier alpha value is -2.78. The number of aromatic nitrogens is 1. The van der Waals surface area contributed by atoms with Crippen molar-refractivity contribution >= 4 is 40.5 Å². The number of carboxylic acid groups (broad SMARTS) is 1. The molecule has 1 aliphatic carbocycles. The molecule has 2 aromatic rings. The van der Waals surface area contributed by atoms with E-state index in [9.17, 15) is 19.5 Å². The number of amides is 2. The number of hydrogen-bond acceptors (Lipinski definition) is 5. The topological polar surface area (TPSA) is 101 Å². The number of ether oxygens (including phenoxy) is 2. The van der Waals surface area contributed by atoms with E-state index in [0.717, 1.165) is 29.3 Å². The zero-order valence-electron chi connectivity index (χ0n) is 19.2. The summed E-state index contributed by atoms with van der Waals surface area (Å²) in [5.74, 6) is -0.382. The van der Waals surface area contributed by atoms with Gasteiger partial charge in [0.15, 0.2) is 6.10 Å². The third-order valence-electron chi connectivity index (χ3n) is 6.22. The number of morpholine rings is 1. The van der Waals surface area contributed by atoms with Crippen LogP contribution >= 0.6 is 11.6 Å². The standard InChI is InChI=1S/C24H30ClN3O6/c1-2-33-22(29)4-3-9-26-14-19(25)18-8-5-16(12-20(18)26)13-28(17-6-7-17)23(30)21-15-27(24(31)32)10-11-34-21/h5,8,12,14,17,21H,2-4,6-7,9-11,13,15H2,1H3,(H,31,32). The monoisotopic (exact) mass is 491 g/mol. The van der Waals surface area contributed by atoms with Crippen LogP contribution in [0.25, 0.3) is 10.9 Å². The fourth-order valence-electron chi connectivity index (χ4n) is 4.33. The minimum Gasteiger partial charge on any atom is -0.466 e. The predicted molar refractivity (Wildman–Crippen MR) is 126 cm³/mol. The Balaban J connectivity index is 1.48. The van der Waals surface area contributed by atoms with Crippen molar-refractivity contribution in [1.82, 2.24) is 14.4 Å². The summed E-state index contributed by atoms with van der Waals surface area (Å²) in [5.41, 5.74) is 1.90. The van der Waals surface area contributed by atoms with Crippen molar-refractivity contribution in [3.8, 4) is 0 Å². The highest BCUT2D eigenvalue weighted by Crippen LogP contribution is 2.32. The Kier molecular flexibility index (Phi) is 7.63. The van der Waals surface area contributed by atoms with Gasteiger partial charge in [-0.3, -0.25) is 9.59 Å². The molecule has 1 saturated carbocycles. The van der Waals surface area contributed by atoms with Crippen LogP contribution in [0.1, 0.15) is 38.2 Å². The van der Waals surface area contributed by atoms with E-state index in [-0.39, 0.29) is 37.6 Å². The molecule has 1 saturated heterocycles. The largest absolute Gasteiger partial charge is 0.466 e. The van der Waals surface area contributed by atoms with Crippen molar-refractivity contribution in [2.24, 2.45) is 0 Å². The molecule has 184 valence electrons. The minimum absolute atomic E-state index is 0.0509. The Morgan fingerprint density at radius 1 is 1.29 bits per heavy atom. The third kappa shape index (κ3) is 5.64. The number of halogens is 1. The van der Waals surface area contributed by atoms with E-state index in [1.165, 1.54) is 4.90 Å². The summed E-state index contributed by atoms with van der Waals surface area (Å²) in [6.07, 6.45) is 2.87. The van der Waals surface area contributed by atoms with Crippen LogP contribution in [0, 0.1) is 0 Å². The van der Waals surface area contributed by atoms with Gasteiger partial charge in [-0.25, -0.2) is 4.79 Å². The Bertz CT molecular complexity index is 1070. The maximum Gasteiger partial charge on any atom is 0.407 e. The van der Waals surface area contributed by atoms with Gasteiger partial charge in [-0.15, -0.1) is 0 Å². The van der Waals surface area contributed by atoms with Gasteiger partial charge in [-0.05, 0) is 37.8 Å². The number of esters is 1. The molecule has 0 bridgehead atoms. The molecule has 9 nitrogen and oxygen atoms in total. The quantitative estimate of drug-likeness (QED) is 0.539. The van der Waals surface area contributed by atoms with Crippen LogP contribution in [0.15, 0.2) is 24.4 Å². The highest BCUT2D eigenvalue weighted by Gasteiger charge is 2.38. The number of hydrogen-bond donors (Lipinski definition) is 1. The van der Waals surface area contributed by atoms with Gasteiger partial charge in [-0.1, -0.05) is 23.7 Å². The zero-order chi connectivity index (χ0) is 24.2. The van der Waals surface area contributed by atoms with Crippen LogP contribution in [0.3, 0.4) is 0 Å². The molecule has 4 rings (SSSR count). The molecular formula is C24H30ClN3O6. The molecular weight excluding hydrogens is 462 g/mol. The number of benzene rings is 1. The summed E-state index contributed by atoms with van der Waals surface area (Å²) < 4.78 is 12.7. The summed E-state index contributed by atoms with van der Waals surface area (Å²) >= 11 is 6.43. The molecule has 10 heteroatoms. The highest BCUT2D eigenvalue weighted by atomic mass is 35.5. The fraction of sp³-hybridized carbons (Fsp3) is 0.542. The molecule has 2 heterocycles. The van der Waals surface area contributed by atoms with Gasteiger partial charge in [0.2, 0.25) is 0 Å². The van der Waals surface area contributed by atoms with Crippen molar-refractivity contribution in [2.75, 3.05) is 26.3 Å². The van der Waals surface area contributed by atoms with Gasteiger partial charge >= 0.3 is 12.1 Å². The lowest BCUT2D eigenvalue weighted by atomic mass is 10.1. The van der Waals surface area contributed by atoms with Crippen molar-refractivity contribution in [2.45, 2.75) is 57.8 Å². The van der Waals surface area contributed by atoms with Crippen LogP contribution in [0.5, 0.6) is 0 Å². The van der Waals surface area contributed by atoms with Gasteiger partial charge in [0.25, 0.3) is 5.91 Å². The van der Waals surface area contributed by atoms with Crippen LogP contribution in [0.4, 0.5) is 4.79 Å². The summed E-state index contributed by atoms with van der Waals surface area (Å²) in [5, 5.41) is 10.8. The van der Waals surface area contributed by atoms with Gasteiger partial charge in [0, 0.05) is 49.2 Å². The molecule has 1 N–H and O–H groups in total. The predicted octanol–water partition coefficient (Wildman–Crippen LogP) is 3.51. The smallest absolute Gasteiger partial charge is 0.407 e. The summed E-state index contributed by atoms with van der Waals surface area (Å²) in [6, 6.07) is 6.09. The van der Waals surface area contributed by atoms with E-state index in [4.69, 9.17) is 21.1 Å². The van der Waals surface area contributed by atoms with Crippen LogP contribution in [-0.4, -0.2) is 75.9 Å². The molecule has 1 atom stereocenters. The van der Waals surface area contributed by atoms with Crippen molar-refractivity contribution < 1.29 is 29.0 Å². The average Bonchev–Trinajstić information content (AvgIpc) is 3.62. The molecule has 34 heavy (non-hydrogen) atoms. The van der Waals surface area contributed by atoms with Gasteiger partial charge in [0.05, 0.1) is 24.8 Å². The average molecular weight is 492 g/mol. The van der Waals surface area contributed by atoms with Crippen molar-refractivity contribution in [1.29, 1.82) is 0 Å². The van der Waals surface area contributed by atoms with Crippen LogP contribution in [0.2, 0.25) is 5.02 Å². The zero-order valence-corrected chi connectivity index (χ0v) is 20.0. The van der Waals surface area contributed by atoms with Crippen molar-refractivity contribution in [3.63, 3.8) is 0 Å². The van der Waals surface area contributed by atoms with E-state index in [1.54, 1.807) is 6.92 Å². The number of carbonyl (C=O) groups is 3. The first-order valence-corrected chi connectivity index (χ1v) is 12.1. The Morgan fingerprint density at radius 2 is 2.09 bits per heavy atom. The first-order valence-electron chi connectivity index (χ1n) is 11.7. The summed E-state index contributed by atoms with van der Waals surface area (Å²) in [4.78, 5) is 39.3. The summed E-state index contributed by atoms with van der Waals surface area (Å²) in [6.45, 7) is 3.73. The van der Waals surface area contributed by atoms with Crippen LogP contribution in [-0.2, 0) is 32.2 Å². The van der Waals surface area contributed by atoms with Crippen molar-refractivity contribution in [3.05, 3.63) is 35.0 Å². The molecule has 0 spiro atoms. The number of nitrogens with zero attached hydrogens (tertiary/aromatic N) is 3. The number of rotatable bonds is 9. The molecule has 2 aliphatic rings. The van der Waals surface area contributed by atoms with E-state index in [2.05, 4.69) is 0 Å². The first-order chi connectivity index (χ1) is 16.4. The lowest BCUT2D eigenvalue weighted by Gasteiger charge is -2.34. The number of aryl methyl sites for hydroxylation is 1. The molecule has 2 fully saturated rings. The van der Waals surface area contributed by atoms with E-state index in [1.807, 2.05) is 33.9 Å². The summed E-state index contributed by atoms with van der Waals surface area (Å²) in [7, 11) is 0. The second kappa shape index (κ2) is 10.7. The molecule has 1 aromatic heterocycles. The third-order valence-corrected chi connectivity index (χ3v) is 6.52. The second-order valence-electron chi connectivity index (χ2n) is 8.72. The van der Waals surface area contributed by atoms with E-state index < -0.39 is 12.2 Å². The molecule has 1 aromatic carbocycles. The maximum atomic E-state index is 13.3. The fourth-order valence-corrected chi connectivity index (χ4v) is 4.61. The lowest BCUT2D eigenvalue weighted by Crippen LogP contribution is -2.52. The number of carbonyl (C=O) groups excluding carboxylic acids is 2. The minimum atomic E-state index is -1.04. The SMILES string of the molecule is CCOC(=O)CCCn1cc(Cl)c2ccc(CN(C(=O)C3CN(C(=O)O)CCO3)C3CC3)cc21. The number of fused-ring (bicyclic) bond motifs is 1. The van der Waals surface area contributed by atoms with E-state index >= 15 is 0 Å². The highest BCUT2D eigenvalue weighted by molar-refractivity contribution is 6.35. The Labute approximate surface area is 203 Å². The van der Waals surface area contributed by atoms with Gasteiger partial charge in [0.1, 0.15) is 0 Å². The van der Waals surface area contributed by atoms with E-state index in [0.29, 0.717) is 37.6 Å². The molecule has 0 radical (unpaired) electrons. The van der Waals surface area contributed by atoms with Gasteiger partial charge < -0.3 is 28.9 Å².